The summed E-state index contributed by atoms with van der Waals surface area (Å²) < 4.78 is 0. The van der Waals surface area contributed by atoms with E-state index >= 15 is 0 Å². The van der Waals surface area contributed by atoms with Crippen LogP contribution in [0.15, 0.2) is 66.3 Å². The van der Waals surface area contributed by atoms with Gasteiger partial charge in [-0.3, -0.25) is 38.6 Å². The topological polar surface area (TPSA) is 312 Å². The molecule has 1 aromatic heterocycles. The number of para-hydroxylation sites is 1. The Labute approximate surface area is 359 Å². The highest BCUT2D eigenvalue weighted by Crippen LogP contribution is 2.32. The quantitative estimate of drug-likeness (QED) is 0.0695. The number of fused-ring (bicyclic) bond motifs is 1. The molecule has 20 heteroatoms. The average molecular weight is 861 g/mol. The Kier molecular flexibility index (Phi) is 15.9. The summed E-state index contributed by atoms with van der Waals surface area (Å²) in [5.74, 6) is -6.65. The highest BCUT2D eigenvalue weighted by atomic mass is 16.3. The van der Waals surface area contributed by atoms with Crippen molar-refractivity contribution in [2.24, 2.45) is 35.0 Å². The van der Waals surface area contributed by atoms with Crippen LogP contribution in [0.4, 0.5) is 0 Å². The predicted molar refractivity (Wildman–Crippen MR) is 228 cm³/mol. The maximum atomic E-state index is 14.9. The number of nitrogens with one attached hydrogen (secondary N) is 7. The van der Waals surface area contributed by atoms with Gasteiger partial charge >= 0.3 is 0 Å². The van der Waals surface area contributed by atoms with Gasteiger partial charge in [0, 0.05) is 54.3 Å². The van der Waals surface area contributed by atoms with Crippen molar-refractivity contribution in [3.63, 3.8) is 0 Å². The SMILES string of the molecule is CC[C@H](C)[C@H](N)C(=O)N[C@@H](CC(N)=O)C(=O)N[C@H](C(=O)N1CC(C2=CN(C3=CC=CC3)NN2)C[C@H]1C(=O)N[C@@H](Cc1c[nH]c2ccccc12)C(=O)N[C@@H](CO)C(N)=O)[C@@H](C)CC. The molecule has 5 rings (SSSR count). The zero-order valence-electron chi connectivity index (χ0n) is 35.5. The Hall–Kier alpha value is -6.25. The Morgan fingerprint density at radius 1 is 0.903 bits per heavy atom. The second-order valence-electron chi connectivity index (χ2n) is 16.2. The first-order valence-electron chi connectivity index (χ1n) is 21.0. The number of aliphatic hydroxyl groups excluding tert-OH is 1. The van der Waals surface area contributed by atoms with Crippen molar-refractivity contribution in [2.75, 3.05) is 13.2 Å². The van der Waals surface area contributed by atoms with E-state index in [2.05, 4.69) is 37.2 Å². The number of hydrazine groups is 2. The van der Waals surface area contributed by atoms with E-state index in [1.165, 1.54) is 4.90 Å². The van der Waals surface area contributed by atoms with E-state index in [9.17, 15) is 38.7 Å². The van der Waals surface area contributed by atoms with Crippen molar-refractivity contribution in [2.45, 2.75) is 102 Å². The number of likely N-dealkylation sites (tertiary alicyclic amines) is 1. The average Bonchev–Trinajstić information content (AvgIpc) is 4.10. The number of nitrogens with zero attached hydrogens (tertiary/aromatic N) is 2. The van der Waals surface area contributed by atoms with Gasteiger partial charge in [-0.05, 0) is 36.0 Å². The Morgan fingerprint density at radius 2 is 1.60 bits per heavy atom. The van der Waals surface area contributed by atoms with Crippen LogP contribution in [0.25, 0.3) is 10.9 Å². The van der Waals surface area contributed by atoms with E-state index in [0.717, 1.165) is 16.6 Å². The first kappa shape index (κ1) is 46.8. The number of H-pyrrole nitrogens is 1. The van der Waals surface area contributed by atoms with Crippen LogP contribution in [0.5, 0.6) is 0 Å². The maximum Gasteiger partial charge on any atom is 0.246 e. The summed E-state index contributed by atoms with van der Waals surface area (Å²) in [4.78, 5) is 99.1. The molecular formula is C42H60N12O8. The zero-order valence-corrected chi connectivity index (χ0v) is 35.5. The van der Waals surface area contributed by atoms with Crippen molar-refractivity contribution < 1.29 is 38.7 Å². The third-order valence-electron chi connectivity index (χ3n) is 11.9. The summed E-state index contributed by atoms with van der Waals surface area (Å²) in [5.41, 5.74) is 26.4. The summed E-state index contributed by atoms with van der Waals surface area (Å²) in [6.45, 7) is 6.44. The number of allylic oxidation sites excluding steroid dienone is 3. The molecule has 1 unspecified atom stereocenters. The van der Waals surface area contributed by atoms with Crippen molar-refractivity contribution in [1.82, 2.24) is 47.1 Å². The largest absolute Gasteiger partial charge is 0.394 e. The number of carbonyl (C=O) groups is 7. The maximum absolute atomic E-state index is 14.9. The highest BCUT2D eigenvalue weighted by Gasteiger charge is 2.46. The fourth-order valence-corrected chi connectivity index (χ4v) is 7.64. The molecule has 7 amide bonds. The van der Waals surface area contributed by atoms with Crippen LogP contribution in [-0.2, 0) is 40.0 Å². The first-order valence-corrected chi connectivity index (χ1v) is 21.0. The molecule has 0 bridgehead atoms. The van der Waals surface area contributed by atoms with Crippen molar-refractivity contribution in [3.8, 4) is 0 Å². The molecule has 1 fully saturated rings. The lowest BCUT2D eigenvalue weighted by Gasteiger charge is -2.33. The number of aromatic amines is 1. The lowest BCUT2D eigenvalue weighted by molar-refractivity contribution is -0.143. The van der Waals surface area contributed by atoms with E-state index in [0.29, 0.717) is 30.5 Å². The van der Waals surface area contributed by atoms with Crippen LogP contribution in [-0.4, -0.2) is 111 Å². The van der Waals surface area contributed by atoms with E-state index in [4.69, 9.17) is 17.2 Å². The van der Waals surface area contributed by atoms with Crippen LogP contribution in [0, 0.1) is 17.8 Å². The molecule has 62 heavy (non-hydrogen) atoms. The van der Waals surface area contributed by atoms with Gasteiger partial charge in [0.15, 0.2) is 0 Å². The number of hydrogen-bond donors (Lipinski definition) is 11. The van der Waals surface area contributed by atoms with Crippen LogP contribution >= 0.6 is 0 Å². The minimum absolute atomic E-state index is 0.0180. The van der Waals surface area contributed by atoms with Crippen LogP contribution in [0.3, 0.4) is 0 Å². The van der Waals surface area contributed by atoms with Gasteiger partial charge in [0.05, 0.1) is 24.8 Å². The highest BCUT2D eigenvalue weighted by molar-refractivity contribution is 5.98. The second kappa shape index (κ2) is 21.0. The van der Waals surface area contributed by atoms with Gasteiger partial charge in [-0.15, -0.1) is 5.53 Å². The van der Waals surface area contributed by atoms with Gasteiger partial charge in [-0.2, -0.15) is 0 Å². The number of aromatic nitrogens is 1. The Balaban J connectivity index is 1.46. The van der Waals surface area contributed by atoms with Crippen molar-refractivity contribution >= 4 is 52.3 Å². The van der Waals surface area contributed by atoms with Crippen LogP contribution in [0.2, 0.25) is 0 Å². The van der Waals surface area contributed by atoms with E-state index < -0.39 is 102 Å². The number of nitrogens with two attached hydrogens (primary N) is 3. The number of rotatable bonds is 21. The number of benzene rings is 1. The number of hydrogen-bond acceptors (Lipinski definition) is 12. The molecule has 1 saturated heterocycles. The molecule has 14 N–H and O–H groups in total. The normalized spacial score (nSPS) is 20.5. The summed E-state index contributed by atoms with van der Waals surface area (Å²) in [7, 11) is 0. The smallest absolute Gasteiger partial charge is 0.246 e. The van der Waals surface area contributed by atoms with Gasteiger partial charge in [0.2, 0.25) is 41.4 Å². The summed E-state index contributed by atoms with van der Waals surface area (Å²) in [5, 5.41) is 22.9. The van der Waals surface area contributed by atoms with Crippen molar-refractivity contribution in [1.29, 1.82) is 0 Å². The molecule has 20 nitrogen and oxygen atoms in total. The molecule has 0 saturated carbocycles. The number of carbonyl (C=O) groups excluding carboxylic acids is 7. The van der Waals surface area contributed by atoms with Crippen LogP contribution < -0.4 is 49.4 Å². The second-order valence-corrected chi connectivity index (χ2v) is 16.2. The lowest BCUT2D eigenvalue weighted by atomic mass is 9.96. The fraction of sp³-hybridized carbons (Fsp3) is 0.500. The molecule has 1 aromatic carbocycles. The van der Waals surface area contributed by atoms with Gasteiger partial charge in [0.25, 0.3) is 0 Å². The zero-order chi connectivity index (χ0) is 45.2. The van der Waals surface area contributed by atoms with E-state index in [-0.39, 0.29) is 25.3 Å². The van der Waals surface area contributed by atoms with Gasteiger partial charge in [-0.25, -0.2) is 0 Å². The molecule has 3 heterocycles. The molecule has 9 atom stereocenters. The van der Waals surface area contributed by atoms with Gasteiger partial charge in [0.1, 0.15) is 30.2 Å². The minimum Gasteiger partial charge on any atom is -0.394 e. The third-order valence-corrected chi connectivity index (χ3v) is 11.9. The predicted octanol–water partition coefficient (Wildman–Crippen LogP) is -1.35. The van der Waals surface area contributed by atoms with Gasteiger partial charge in [-0.1, -0.05) is 70.9 Å². The molecule has 336 valence electrons. The standard InChI is InChI=1S/C42H60N12O8/c1-5-22(3)35(44)41(61)48-30(17-34(43)56)39(59)50-36(23(4)6-2)42(62)53-19-25(31-20-54(52-51-31)26-11-7-8-12-26)16-33(53)40(60)47-29(38(58)49-32(21-55)37(45)57)15-24-18-46-28-14-10-9-13-27(24)28/h7-11,13-14,18,20,22-23,25,29-30,32-33,35-36,46,51-52,55H,5-6,12,15-17,19,21,44H2,1-4H3,(H2,43,56)(H2,45,57)(H,47,60)(H,48,61)(H,49,58)(H,50,59)/t22-,23-,25?,29-,30-,32-,33-,35-,36-/m0/s1. The van der Waals surface area contributed by atoms with Crippen LogP contribution in [0.1, 0.15) is 65.4 Å². The molecule has 2 aromatic rings. The number of aliphatic hydroxyl groups is 1. The van der Waals surface area contributed by atoms with Gasteiger partial charge < -0.3 is 58.9 Å². The Morgan fingerprint density at radius 3 is 2.24 bits per heavy atom. The lowest BCUT2D eigenvalue weighted by Crippen LogP contribution is -2.61. The summed E-state index contributed by atoms with van der Waals surface area (Å²) in [6.07, 6.45) is 10.6. The first-order chi connectivity index (χ1) is 29.6. The number of amides is 7. The molecule has 3 aliphatic rings. The molecule has 0 radical (unpaired) electrons. The van der Waals surface area contributed by atoms with E-state index in [1.54, 1.807) is 25.1 Å². The number of primary amides is 2. The third kappa shape index (κ3) is 11.2. The molecule has 2 aliphatic heterocycles. The monoisotopic (exact) mass is 860 g/mol. The van der Waals surface area contributed by atoms with Crippen molar-refractivity contribution in [3.05, 3.63) is 71.8 Å². The molecule has 1 aliphatic carbocycles. The molecule has 0 spiro atoms. The summed E-state index contributed by atoms with van der Waals surface area (Å²) >= 11 is 0. The van der Waals surface area contributed by atoms with E-state index in [1.807, 2.05) is 62.5 Å². The summed E-state index contributed by atoms with van der Waals surface area (Å²) in [6, 6.07) is -0.228. The fourth-order valence-electron chi connectivity index (χ4n) is 7.64. The molecular weight excluding hydrogens is 801 g/mol. The minimum atomic E-state index is -1.45. The Bertz CT molecular complexity index is 2100.